The molecule has 2 aliphatic heterocycles. The number of hydrogen-bond acceptors (Lipinski definition) is 3. The molecule has 116 valence electrons. The van der Waals surface area contributed by atoms with Crippen LogP contribution in [0.25, 0.3) is 11.0 Å². The topological polar surface area (TPSA) is 45.5 Å². The lowest BCUT2D eigenvalue weighted by molar-refractivity contribution is 0.0649. The van der Waals surface area contributed by atoms with Crippen molar-refractivity contribution in [2.45, 2.75) is 38.3 Å². The quantitative estimate of drug-likeness (QED) is 0.877. The van der Waals surface area contributed by atoms with Gasteiger partial charge in [-0.2, -0.15) is 0 Å². The number of nitrogens with zero attached hydrogens (tertiary/aromatic N) is 1. The van der Waals surface area contributed by atoms with Crippen molar-refractivity contribution < 1.29 is 9.21 Å². The maximum absolute atomic E-state index is 13.1. The van der Waals surface area contributed by atoms with Crippen LogP contribution in [-0.2, 0) is 0 Å². The molecule has 0 radical (unpaired) electrons. The molecular formula is C17H19ClN2O2. The Hall–Kier alpha value is -1.52. The number of hydrogen-bond donors (Lipinski definition) is 1. The van der Waals surface area contributed by atoms with Gasteiger partial charge in [-0.1, -0.05) is 11.6 Å². The van der Waals surface area contributed by atoms with Crippen LogP contribution >= 0.6 is 11.6 Å². The van der Waals surface area contributed by atoms with E-state index in [9.17, 15) is 4.79 Å². The van der Waals surface area contributed by atoms with Crippen LogP contribution in [0, 0.1) is 6.92 Å². The van der Waals surface area contributed by atoms with Gasteiger partial charge in [0, 0.05) is 34.6 Å². The third-order valence-corrected chi connectivity index (χ3v) is 5.22. The summed E-state index contributed by atoms with van der Waals surface area (Å²) in [6, 6.07) is 6.12. The average molecular weight is 319 g/mol. The molecule has 22 heavy (non-hydrogen) atoms. The molecule has 1 N–H and O–H groups in total. The Labute approximate surface area is 134 Å². The smallest absolute Gasteiger partial charge is 0.290 e. The highest BCUT2D eigenvalue weighted by Crippen LogP contribution is 2.33. The first kappa shape index (κ1) is 14.1. The molecule has 0 spiro atoms. The minimum atomic E-state index is 0.0287. The highest BCUT2D eigenvalue weighted by atomic mass is 35.5. The lowest BCUT2D eigenvalue weighted by Gasteiger charge is -2.27. The van der Waals surface area contributed by atoms with Gasteiger partial charge in [-0.3, -0.25) is 4.79 Å². The molecule has 4 nitrogen and oxygen atoms in total. The summed E-state index contributed by atoms with van der Waals surface area (Å²) in [6.07, 6.45) is 3.20. The van der Waals surface area contributed by atoms with Gasteiger partial charge in [-0.15, -0.1) is 0 Å². The van der Waals surface area contributed by atoms with Crippen molar-refractivity contribution in [2.75, 3.05) is 13.1 Å². The van der Waals surface area contributed by atoms with Gasteiger partial charge in [0.25, 0.3) is 5.91 Å². The molecule has 2 aromatic rings. The maximum atomic E-state index is 13.1. The van der Waals surface area contributed by atoms with Gasteiger partial charge < -0.3 is 14.6 Å². The highest BCUT2D eigenvalue weighted by Gasteiger charge is 2.40. The van der Waals surface area contributed by atoms with Crippen LogP contribution in [0.15, 0.2) is 22.6 Å². The Morgan fingerprint density at radius 2 is 2.14 bits per heavy atom. The summed E-state index contributed by atoms with van der Waals surface area (Å²) in [5.74, 6) is 0.497. The van der Waals surface area contributed by atoms with E-state index in [2.05, 4.69) is 5.32 Å². The van der Waals surface area contributed by atoms with E-state index in [1.807, 2.05) is 24.0 Å². The van der Waals surface area contributed by atoms with Crippen molar-refractivity contribution in [3.63, 3.8) is 0 Å². The van der Waals surface area contributed by atoms with Gasteiger partial charge in [0.15, 0.2) is 5.76 Å². The molecule has 2 aliphatic rings. The van der Waals surface area contributed by atoms with Crippen molar-refractivity contribution in [2.24, 2.45) is 0 Å². The number of nitrogens with one attached hydrogen (secondary N) is 1. The van der Waals surface area contributed by atoms with E-state index in [-0.39, 0.29) is 11.9 Å². The van der Waals surface area contributed by atoms with Crippen molar-refractivity contribution in [3.8, 4) is 0 Å². The average Bonchev–Trinajstić information content (AvgIpc) is 2.95. The van der Waals surface area contributed by atoms with Crippen LogP contribution in [0.5, 0.6) is 0 Å². The zero-order chi connectivity index (χ0) is 15.3. The molecule has 2 fully saturated rings. The highest BCUT2D eigenvalue weighted by molar-refractivity contribution is 6.31. The van der Waals surface area contributed by atoms with E-state index in [1.165, 1.54) is 0 Å². The minimum Gasteiger partial charge on any atom is -0.451 e. The lowest BCUT2D eigenvalue weighted by Crippen LogP contribution is -2.42. The molecule has 0 saturated carbocycles. The third-order valence-electron chi connectivity index (χ3n) is 4.98. The number of carbonyl (C=O) groups excluding carboxylic acids is 1. The Balaban J connectivity index is 1.75. The summed E-state index contributed by atoms with van der Waals surface area (Å²) in [5, 5.41) is 5.01. The SMILES string of the molecule is Cc1c(C(=O)N2C3CCNCC2CC3)oc2ccc(Cl)cc12. The maximum Gasteiger partial charge on any atom is 0.290 e. The predicted octanol–water partition coefficient (Wildman–Crippen LogP) is 3.36. The van der Waals surface area contributed by atoms with E-state index in [1.54, 1.807) is 6.07 Å². The number of amides is 1. The molecule has 3 heterocycles. The minimum absolute atomic E-state index is 0.0287. The predicted molar refractivity (Wildman–Crippen MR) is 86.4 cm³/mol. The zero-order valence-corrected chi connectivity index (χ0v) is 13.3. The first-order valence-corrected chi connectivity index (χ1v) is 8.25. The van der Waals surface area contributed by atoms with Crippen LogP contribution < -0.4 is 5.32 Å². The fourth-order valence-electron chi connectivity index (χ4n) is 3.83. The van der Waals surface area contributed by atoms with Crippen LogP contribution in [-0.4, -0.2) is 36.0 Å². The molecule has 2 atom stereocenters. The third kappa shape index (κ3) is 2.13. The van der Waals surface area contributed by atoms with Crippen LogP contribution in [0.3, 0.4) is 0 Å². The van der Waals surface area contributed by atoms with Gasteiger partial charge in [0.1, 0.15) is 5.58 Å². The molecule has 5 heteroatoms. The van der Waals surface area contributed by atoms with E-state index < -0.39 is 0 Å². The normalized spacial score (nSPS) is 24.7. The summed E-state index contributed by atoms with van der Waals surface area (Å²) < 4.78 is 5.86. The lowest BCUT2D eigenvalue weighted by atomic mass is 10.1. The molecule has 1 aromatic carbocycles. The summed E-state index contributed by atoms with van der Waals surface area (Å²) >= 11 is 6.06. The summed E-state index contributed by atoms with van der Waals surface area (Å²) in [5.41, 5.74) is 1.62. The molecule has 1 amide bonds. The largest absolute Gasteiger partial charge is 0.451 e. The number of fused-ring (bicyclic) bond motifs is 3. The standard InChI is InChI=1S/C17H19ClN2O2/c1-10-14-8-11(18)2-5-15(14)22-16(10)17(21)20-12-3-4-13(20)9-19-7-6-12/h2,5,8,12-13,19H,3-4,6-7,9H2,1H3. The van der Waals surface area contributed by atoms with Crippen molar-refractivity contribution in [1.82, 2.24) is 10.2 Å². The first-order chi connectivity index (χ1) is 10.6. The Kier molecular flexibility index (Phi) is 3.39. The Morgan fingerprint density at radius 3 is 3.00 bits per heavy atom. The second-order valence-corrected chi connectivity index (χ2v) is 6.72. The second kappa shape index (κ2) is 5.28. The zero-order valence-electron chi connectivity index (χ0n) is 12.6. The molecule has 2 saturated heterocycles. The van der Waals surface area contributed by atoms with E-state index >= 15 is 0 Å². The fraction of sp³-hybridized carbons (Fsp3) is 0.471. The summed E-state index contributed by atoms with van der Waals surface area (Å²) in [7, 11) is 0. The second-order valence-electron chi connectivity index (χ2n) is 6.29. The fourth-order valence-corrected chi connectivity index (χ4v) is 4.00. The van der Waals surface area contributed by atoms with Crippen LogP contribution in [0.4, 0.5) is 0 Å². The van der Waals surface area contributed by atoms with Crippen molar-refractivity contribution >= 4 is 28.5 Å². The number of furan rings is 1. The molecule has 1 aromatic heterocycles. The van der Waals surface area contributed by atoms with Gasteiger partial charge in [-0.05, 0) is 50.9 Å². The molecular weight excluding hydrogens is 300 g/mol. The first-order valence-electron chi connectivity index (χ1n) is 7.87. The molecule has 2 bridgehead atoms. The van der Waals surface area contributed by atoms with E-state index in [0.29, 0.717) is 16.8 Å². The number of carbonyl (C=O) groups is 1. The molecule has 4 rings (SSSR count). The number of benzene rings is 1. The molecule has 2 unspecified atom stereocenters. The molecule has 0 aliphatic carbocycles. The summed E-state index contributed by atoms with van der Waals surface area (Å²) in [6.45, 7) is 3.81. The van der Waals surface area contributed by atoms with Crippen molar-refractivity contribution in [3.05, 3.63) is 34.5 Å². The van der Waals surface area contributed by atoms with Gasteiger partial charge in [0.05, 0.1) is 0 Å². The van der Waals surface area contributed by atoms with E-state index in [4.69, 9.17) is 16.0 Å². The van der Waals surface area contributed by atoms with Crippen molar-refractivity contribution in [1.29, 1.82) is 0 Å². The monoisotopic (exact) mass is 318 g/mol. The van der Waals surface area contributed by atoms with Crippen LogP contribution in [0.1, 0.15) is 35.4 Å². The number of rotatable bonds is 1. The van der Waals surface area contributed by atoms with Gasteiger partial charge in [0.2, 0.25) is 0 Å². The Morgan fingerprint density at radius 1 is 1.32 bits per heavy atom. The summed E-state index contributed by atoms with van der Waals surface area (Å²) in [4.78, 5) is 15.1. The van der Waals surface area contributed by atoms with E-state index in [0.717, 1.165) is 48.9 Å². The van der Waals surface area contributed by atoms with Crippen LogP contribution in [0.2, 0.25) is 5.02 Å². The van der Waals surface area contributed by atoms with Gasteiger partial charge in [-0.25, -0.2) is 0 Å². The number of aryl methyl sites for hydroxylation is 1. The Bertz CT molecular complexity index is 726. The number of halogens is 1. The van der Waals surface area contributed by atoms with Gasteiger partial charge >= 0.3 is 0 Å².